The van der Waals surface area contributed by atoms with Gasteiger partial charge >= 0.3 is 0 Å². The normalized spacial score (nSPS) is 16.7. The molecule has 1 saturated heterocycles. The number of nitro benzene ring substituents is 1. The summed E-state index contributed by atoms with van der Waals surface area (Å²) in [5, 5.41) is 14.9. The highest BCUT2D eigenvalue weighted by Gasteiger charge is 2.28. The maximum Gasteiger partial charge on any atom is 0.294 e. The Bertz CT molecular complexity index is 936. The van der Waals surface area contributed by atoms with Crippen LogP contribution in [0.5, 0.6) is 0 Å². The van der Waals surface area contributed by atoms with Crippen molar-refractivity contribution in [1.29, 1.82) is 0 Å². The first-order valence-corrected chi connectivity index (χ1v) is 9.92. The van der Waals surface area contributed by atoms with Crippen molar-refractivity contribution in [2.24, 2.45) is 0 Å². The molecule has 0 aromatic heterocycles. The highest BCUT2D eigenvalue weighted by molar-refractivity contribution is 6.37. The summed E-state index contributed by atoms with van der Waals surface area (Å²) < 4.78 is 0. The Balaban J connectivity index is 1.99. The van der Waals surface area contributed by atoms with E-state index in [0.29, 0.717) is 17.3 Å². The zero-order valence-electron chi connectivity index (χ0n) is 15.0. The molecule has 2 aromatic rings. The van der Waals surface area contributed by atoms with Gasteiger partial charge in [0.05, 0.1) is 26.2 Å². The molecule has 0 spiro atoms. The quantitative estimate of drug-likeness (QED) is 0.453. The minimum Gasteiger partial charge on any atom is -0.363 e. The van der Waals surface area contributed by atoms with Gasteiger partial charge in [0.15, 0.2) is 0 Å². The molecule has 1 amide bonds. The van der Waals surface area contributed by atoms with Crippen LogP contribution in [0.3, 0.4) is 0 Å². The van der Waals surface area contributed by atoms with Crippen molar-refractivity contribution in [3.63, 3.8) is 0 Å². The fraction of sp³-hybridized carbons (Fsp3) is 0.316. The van der Waals surface area contributed by atoms with E-state index in [0.717, 1.165) is 19.3 Å². The Morgan fingerprint density at radius 3 is 2.61 bits per heavy atom. The number of nitro groups is 1. The lowest BCUT2D eigenvalue weighted by Gasteiger charge is -2.35. The number of benzene rings is 2. The molecular formula is C19H18Cl3N3O3. The second-order valence-corrected chi connectivity index (χ2v) is 7.95. The summed E-state index contributed by atoms with van der Waals surface area (Å²) in [5.74, 6) is -0.499. The summed E-state index contributed by atoms with van der Waals surface area (Å²) in [6.07, 6.45) is 2.97. The lowest BCUT2D eigenvalue weighted by atomic mass is 10.0. The number of nitrogens with one attached hydrogen (secondary N) is 1. The number of anilines is 2. The Kier molecular flexibility index (Phi) is 6.33. The smallest absolute Gasteiger partial charge is 0.294 e. The van der Waals surface area contributed by atoms with Crippen LogP contribution in [0.2, 0.25) is 15.1 Å². The zero-order chi connectivity index (χ0) is 20.4. The predicted molar refractivity (Wildman–Crippen MR) is 113 cm³/mol. The molecule has 9 heteroatoms. The van der Waals surface area contributed by atoms with Crippen molar-refractivity contribution in [3.8, 4) is 0 Å². The van der Waals surface area contributed by atoms with Crippen molar-refractivity contribution in [2.45, 2.75) is 32.2 Å². The zero-order valence-corrected chi connectivity index (χ0v) is 17.3. The molecule has 1 N–H and O–H groups in total. The third kappa shape index (κ3) is 4.35. The average molecular weight is 443 g/mol. The summed E-state index contributed by atoms with van der Waals surface area (Å²) in [6, 6.07) is 7.53. The van der Waals surface area contributed by atoms with Crippen molar-refractivity contribution >= 4 is 57.8 Å². The molecule has 0 aliphatic carbocycles. The third-order valence-electron chi connectivity index (χ3n) is 4.79. The fourth-order valence-corrected chi connectivity index (χ4v) is 3.92. The van der Waals surface area contributed by atoms with Crippen LogP contribution >= 0.6 is 34.8 Å². The molecule has 28 heavy (non-hydrogen) atoms. The fourth-order valence-electron chi connectivity index (χ4n) is 3.34. The molecule has 6 nitrogen and oxygen atoms in total. The van der Waals surface area contributed by atoms with Gasteiger partial charge in [-0.1, -0.05) is 34.8 Å². The summed E-state index contributed by atoms with van der Waals surface area (Å²) in [7, 11) is 0. The number of nitrogens with zero attached hydrogens (tertiary/aromatic N) is 2. The molecule has 1 aliphatic rings. The van der Waals surface area contributed by atoms with Crippen LogP contribution in [0.4, 0.5) is 17.1 Å². The molecule has 1 aliphatic heterocycles. The maximum atomic E-state index is 12.6. The first-order chi connectivity index (χ1) is 13.3. The Labute approximate surface area is 177 Å². The minimum absolute atomic E-state index is 0.0756. The molecule has 0 radical (unpaired) electrons. The van der Waals surface area contributed by atoms with E-state index in [1.807, 2.05) is 11.8 Å². The van der Waals surface area contributed by atoms with Crippen LogP contribution in [0.15, 0.2) is 30.3 Å². The number of halogens is 3. The van der Waals surface area contributed by atoms with Gasteiger partial charge in [0, 0.05) is 23.7 Å². The first-order valence-electron chi connectivity index (χ1n) is 8.79. The number of amides is 1. The lowest BCUT2D eigenvalue weighted by Crippen LogP contribution is -2.37. The van der Waals surface area contributed by atoms with Crippen LogP contribution in [-0.2, 0) is 0 Å². The van der Waals surface area contributed by atoms with Crippen molar-refractivity contribution in [1.82, 2.24) is 0 Å². The number of carbonyl (C=O) groups excluding carboxylic acids is 1. The van der Waals surface area contributed by atoms with Gasteiger partial charge in [-0.15, -0.1) is 0 Å². The van der Waals surface area contributed by atoms with Gasteiger partial charge in [-0.25, -0.2) is 0 Å². The lowest BCUT2D eigenvalue weighted by molar-refractivity contribution is -0.384. The predicted octanol–water partition coefficient (Wildman–Crippen LogP) is 6.19. The highest BCUT2D eigenvalue weighted by Crippen LogP contribution is 2.39. The van der Waals surface area contributed by atoms with Crippen LogP contribution in [0, 0.1) is 10.1 Å². The van der Waals surface area contributed by atoms with E-state index < -0.39 is 10.8 Å². The van der Waals surface area contributed by atoms with E-state index in [4.69, 9.17) is 34.8 Å². The molecule has 0 bridgehead atoms. The molecule has 0 saturated carbocycles. The Morgan fingerprint density at radius 2 is 1.93 bits per heavy atom. The molecule has 0 unspecified atom stereocenters. The molecule has 3 rings (SSSR count). The van der Waals surface area contributed by atoms with Gasteiger partial charge in [-0.3, -0.25) is 14.9 Å². The summed E-state index contributed by atoms with van der Waals surface area (Å²) >= 11 is 18.3. The van der Waals surface area contributed by atoms with Crippen molar-refractivity contribution < 1.29 is 9.72 Å². The monoisotopic (exact) mass is 441 g/mol. The molecule has 148 valence electrons. The summed E-state index contributed by atoms with van der Waals surface area (Å²) in [6.45, 7) is 2.73. The van der Waals surface area contributed by atoms with Gasteiger partial charge in [0.2, 0.25) is 0 Å². The maximum absolute atomic E-state index is 12.6. The van der Waals surface area contributed by atoms with Crippen LogP contribution in [0.1, 0.15) is 36.5 Å². The Morgan fingerprint density at radius 1 is 1.18 bits per heavy atom. The van der Waals surface area contributed by atoms with E-state index in [9.17, 15) is 14.9 Å². The number of hydrogen-bond donors (Lipinski definition) is 1. The van der Waals surface area contributed by atoms with Crippen LogP contribution in [-0.4, -0.2) is 23.4 Å². The number of hydrogen-bond acceptors (Lipinski definition) is 4. The minimum atomic E-state index is -0.499. The van der Waals surface area contributed by atoms with Crippen LogP contribution in [0.25, 0.3) is 0 Å². The average Bonchev–Trinajstić information content (AvgIpc) is 2.65. The molecular weight excluding hydrogens is 425 g/mol. The second-order valence-electron chi connectivity index (χ2n) is 6.69. The van der Waals surface area contributed by atoms with Gasteiger partial charge < -0.3 is 10.2 Å². The van der Waals surface area contributed by atoms with E-state index in [1.54, 1.807) is 12.1 Å². The van der Waals surface area contributed by atoms with E-state index in [1.165, 1.54) is 18.2 Å². The van der Waals surface area contributed by atoms with Gasteiger partial charge in [-0.2, -0.15) is 0 Å². The van der Waals surface area contributed by atoms with Crippen LogP contribution < -0.4 is 10.2 Å². The van der Waals surface area contributed by atoms with E-state index in [-0.39, 0.29) is 33.0 Å². The molecule has 1 fully saturated rings. The second kappa shape index (κ2) is 8.55. The summed E-state index contributed by atoms with van der Waals surface area (Å²) in [5.41, 5.74) is 0.823. The van der Waals surface area contributed by atoms with Crippen molar-refractivity contribution in [2.75, 3.05) is 16.8 Å². The van der Waals surface area contributed by atoms with E-state index in [2.05, 4.69) is 5.32 Å². The number of carbonyl (C=O) groups is 1. The summed E-state index contributed by atoms with van der Waals surface area (Å²) in [4.78, 5) is 25.7. The topological polar surface area (TPSA) is 75.5 Å². The van der Waals surface area contributed by atoms with Gasteiger partial charge in [0.25, 0.3) is 11.6 Å². The van der Waals surface area contributed by atoms with Gasteiger partial charge in [0.1, 0.15) is 5.69 Å². The number of piperidine rings is 1. The largest absolute Gasteiger partial charge is 0.363 e. The molecule has 1 heterocycles. The molecule has 2 aromatic carbocycles. The van der Waals surface area contributed by atoms with Gasteiger partial charge in [-0.05, 0) is 50.5 Å². The Hall–Kier alpha value is -2.02. The third-order valence-corrected chi connectivity index (χ3v) is 5.67. The standard InChI is InChI=1S/C19H18Cl3N3O3/c1-11-4-2-3-7-24(11)17-10-16(15(22)9-18(17)25(27)28)23-19(26)13-8-12(20)5-6-14(13)21/h5-6,8-11H,2-4,7H2,1H3,(H,23,26)/t11-/m0/s1. The number of rotatable bonds is 4. The SMILES string of the molecule is C[C@H]1CCCCN1c1cc(NC(=O)c2cc(Cl)ccc2Cl)c(Cl)cc1[N+](=O)[O-]. The highest BCUT2D eigenvalue weighted by atomic mass is 35.5. The molecule has 1 atom stereocenters. The van der Waals surface area contributed by atoms with E-state index >= 15 is 0 Å². The van der Waals surface area contributed by atoms with Crippen molar-refractivity contribution in [3.05, 3.63) is 61.1 Å². The first kappa shape index (κ1) is 20.7.